The lowest BCUT2D eigenvalue weighted by Gasteiger charge is -1.99. The molecule has 0 spiro atoms. The van der Waals surface area contributed by atoms with Crippen molar-refractivity contribution in [3.05, 3.63) is 57.0 Å². The van der Waals surface area contributed by atoms with E-state index in [1.54, 1.807) is 12.1 Å². The van der Waals surface area contributed by atoms with Crippen LogP contribution in [0.15, 0.2) is 46.1 Å². The summed E-state index contributed by atoms with van der Waals surface area (Å²) in [6.07, 6.45) is 2.86. The van der Waals surface area contributed by atoms with Gasteiger partial charge in [0.25, 0.3) is 0 Å². The third-order valence-electron chi connectivity index (χ3n) is 2.91. The molecule has 0 amide bonds. The molecular weight excluding hydrogens is 322 g/mol. The molecule has 0 aliphatic rings. The highest BCUT2D eigenvalue weighted by molar-refractivity contribution is 7.71. The van der Waals surface area contributed by atoms with Crippen molar-refractivity contribution in [2.75, 3.05) is 0 Å². The van der Waals surface area contributed by atoms with Gasteiger partial charge in [0.1, 0.15) is 0 Å². The first kappa shape index (κ1) is 14.7. The molecule has 0 saturated heterocycles. The second-order valence-electron chi connectivity index (χ2n) is 4.39. The van der Waals surface area contributed by atoms with Crippen LogP contribution in [-0.4, -0.2) is 31.1 Å². The molecule has 0 fully saturated rings. The first-order valence-electron chi connectivity index (χ1n) is 6.29. The maximum atomic E-state index is 10.8. The minimum absolute atomic E-state index is 0.237. The quantitative estimate of drug-likeness (QED) is 0.328. The van der Waals surface area contributed by atoms with Crippen molar-refractivity contribution in [2.45, 2.75) is 0 Å². The number of hydrogen-bond donors (Lipinski definition) is 2. The molecule has 0 aliphatic heterocycles. The lowest BCUT2D eigenvalue weighted by Crippen LogP contribution is -1.95. The van der Waals surface area contributed by atoms with Crippen molar-refractivity contribution in [1.29, 1.82) is 0 Å². The summed E-state index contributed by atoms with van der Waals surface area (Å²) in [5.41, 5.74) is 0.0130. The maximum Gasteiger partial charge on any atom is 0.311 e. The normalized spacial score (nSPS) is 11.1. The van der Waals surface area contributed by atoms with E-state index in [4.69, 9.17) is 16.6 Å². The Kier molecular flexibility index (Phi) is 3.73. The smallest absolute Gasteiger partial charge is 0.311 e. The zero-order valence-electron chi connectivity index (χ0n) is 11.4. The van der Waals surface area contributed by atoms with E-state index >= 15 is 0 Å². The van der Waals surface area contributed by atoms with Crippen LogP contribution in [0.3, 0.4) is 0 Å². The molecule has 3 aromatic rings. The third kappa shape index (κ3) is 2.87. The van der Waals surface area contributed by atoms with Crippen molar-refractivity contribution in [3.8, 4) is 17.3 Å². The number of aromatic hydroxyl groups is 1. The highest BCUT2D eigenvalue weighted by Gasteiger charge is 2.13. The van der Waals surface area contributed by atoms with Crippen LogP contribution < -0.4 is 0 Å². The minimum atomic E-state index is -0.676. The predicted octanol–water partition coefficient (Wildman–Crippen LogP) is 2.70. The van der Waals surface area contributed by atoms with Crippen LogP contribution in [0.1, 0.15) is 5.56 Å². The molecular formula is C13H9N5O4S. The van der Waals surface area contributed by atoms with Crippen LogP contribution in [0.4, 0.5) is 5.69 Å². The van der Waals surface area contributed by atoms with E-state index in [1.165, 1.54) is 35.4 Å². The predicted molar refractivity (Wildman–Crippen MR) is 82.9 cm³/mol. The van der Waals surface area contributed by atoms with Gasteiger partial charge in [-0.1, -0.05) is 0 Å². The number of aromatic nitrogens is 3. The molecule has 2 heterocycles. The number of H-pyrrole nitrogens is 1. The van der Waals surface area contributed by atoms with Gasteiger partial charge in [0.2, 0.25) is 10.6 Å². The molecule has 116 valence electrons. The fraction of sp³-hybridized carbons (Fsp3) is 0. The van der Waals surface area contributed by atoms with E-state index in [0.717, 1.165) is 0 Å². The first-order valence-corrected chi connectivity index (χ1v) is 6.70. The van der Waals surface area contributed by atoms with E-state index in [2.05, 4.69) is 15.3 Å². The lowest BCUT2D eigenvalue weighted by molar-refractivity contribution is -0.385. The zero-order chi connectivity index (χ0) is 16.4. The summed E-state index contributed by atoms with van der Waals surface area (Å²) in [4.78, 5) is 10.1. The number of furan rings is 1. The van der Waals surface area contributed by atoms with E-state index < -0.39 is 16.4 Å². The van der Waals surface area contributed by atoms with Gasteiger partial charge in [0.05, 0.1) is 17.4 Å². The number of hydrogen-bond acceptors (Lipinski definition) is 7. The summed E-state index contributed by atoms with van der Waals surface area (Å²) in [6.45, 7) is 0. The summed E-state index contributed by atoms with van der Waals surface area (Å²) < 4.78 is 6.81. The van der Waals surface area contributed by atoms with Crippen LogP contribution >= 0.6 is 12.2 Å². The van der Waals surface area contributed by atoms with Crippen LogP contribution in [0, 0.1) is 14.9 Å². The highest BCUT2D eigenvalue weighted by atomic mass is 32.1. The number of benzene rings is 1. The number of phenolic OH excluding ortho intramolecular Hbond substituents is 1. The number of aromatic amines is 1. The van der Waals surface area contributed by atoms with Gasteiger partial charge in [-0.2, -0.15) is 9.78 Å². The molecule has 0 atom stereocenters. The Hall–Kier alpha value is -3.27. The molecule has 0 aliphatic carbocycles. The second kappa shape index (κ2) is 5.85. The first-order chi connectivity index (χ1) is 11.1. The zero-order valence-corrected chi connectivity index (χ0v) is 12.2. The van der Waals surface area contributed by atoms with E-state index in [-0.39, 0.29) is 4.77 Å². The van der Waals surface area contributed by atoms with Gasteiger partial charge in [-0.15, -0.1) is 5.10 Å². The summed E-state index contributed by atoms with van der Waals surface area (Å²) in [6, 6.07) is 7.31. The Morgan fingerprint density at radius 2 is 2.30 bits per heavy atom. The number of nitro groups is 1. The standard InChI is InChI=1S/C13H9N5O4S/c19-10-4-3-8(6-9(10)18(20)21)7-14-17-12(15-16-13(17)23)11-2-1-5-22-11/h1-7,19H,(H,16,23)/b14-7-. The van der Waals surface area contributed by atoms with Crippen LogP contribution in [0.5, 0.6) is 5.75 Å². The Morgan fingerprint density at radius 1 is 1.48 bits per heavy atom. The Bertz CT molecular complexity index is 942. The van der Waals surface area contributed by atoms with Crippen molar-refractivity contribution in [2.24, 2.45) is 5.10 Å². The lowest BCUT2D eigenvalue weighted by atomic mass is 10.2. The Balaban J connectivity index is 1.99. The SMILES string of the molecule is O=[N+]([O-])c1cc(/C=N\n2c(-c3ccco3)n[nH]c2=S)ccc1O. The fourth-order valence-electron chi connectivity index (χ4n) is 1.86. The van der Waals surface area contributed by atoms with Gasteiger partial charge in [0.15, 0.2) is 11.5 Å². The summed E-state index contributed by atoms with van der Waals surface area (Å²) in [5, 5.41) is 31.0. The molecule has 9 nitrogen and oxygen atoms in total. The molecule has 10 heteroatoms. The largest absolute Gasteiger partial charge is 0.502 e. The van der Waals surface area contributed by atoms with Crippen molar-refractivity contribution < 1.29 is 14.4 Å². The molecule has 1 aromatic carbocycles. The van der Waals surface area contributed by atoms with Gasteiger partial charge in [-0.25, -0.2) is 5.10 Å². The molecule has 0 bridgehead atoms. The summed E-state index contributed by atoms with van der Waals surface area (Å²) >= 11 is 5.09. The van der Waals surface area contributed by atoms with E-state index in [1.807, 2.05) is 0 Å². The number of nitrogens with zero attached hydrogens (tertiary/aromatic N) is 4. The van der Waals surface area contributed by atoms with Crippen LogP contribution in [0.2, 0.25) is 0 Å². The Morgan fingerprint density at radius 3 is 3.00 bits per heavy atom. The molecule has 0 saturated carbocycles. The number of rotatable bonds is 4. The van der Waals surface area contributed by atoms with Crippen molar-refractivity contribution in [1.82, 2.24) is 14.9 Å². The van der Waals surface area contributed by atoms with Gasteiger partial charge < -0.3 is 9.52 Å². The van der Waals surface area contributed by atoms with Gasteiger partial charge in [0, 0.05) is 11.6 Å². The van der Waals surface area contributed by atoms with Gasteiger partial charge in [-0.05, 0) is 36.5 Å². The van der Waals surface area contributed by atoms with Crippen molar-refractivity contribution >= 4 is 24.1 Å². The fourth-order valence-corrected chi connectivity index (χ4v) is 2.03. The Labute approximate surface area is 133 Å². The number of phenols is 1. The highest BCUT2D eigenvalue weighted by Crippen LogP contribution is 2.25. The average molecular weight is 331 g/mol. The molecule has 0 unspecified atom stereocenters. The van der Waals surface area contributed by atoms with Gasteiger partial charge in [-0.3, -0.25) is 10.1 Å². The topological polar surface area (TPSA) is 122 Å². The summed E-state index contributed by atoms with van der Waals surface area (Å²) in [5.74, 6) is 0.416. The minimum Gasteiger partial charge on any atom is -0.502 e. The number of nitrogens with one attached hydrogen (secondary N) is 1. The molecule has 2 aromatic heterocycles. The monoisotopic (exact) mass is 331 g/mol. The van der Waals surface area contributed by atoms with Crippen LogP contribution in [0.25, 0.3) is 11.6 Å². The number of nitro benzene ring substituents is 1. The summed E-state index contributed by atoms with van der Waals surface area (Å²) in [7, 11) is 0. The van der Waals surface area contributed by atoms with E-state index in [9.17, 15) is 15.2 Å². The molecule has 23 heavy (non-hydrogen) atoms. The molecule has 2 N–H and O–H groups in total. The molecule has 3 rings (SSSR count). The average Bonchev–Trinajstić information content (AvgIpc) is 3.16. The molecule has 0 radical (unpaired) electrons. The van der Waals surface area contributed by atoms with Crippen molar-refractivity contribution in [3.63, 3.8) is 0 Å². The third-order valence-corrected chi connectivity index (χ3v) is 3.17. The second-order valence-corrected chi connectivity index (χ2v) is 4.78. The maximum absolute atomic E-state index is 10.8. The van der Waals surface area contributed by atoms with Gasteiger partial charge >= 0.3 is 5.69 Å². The van der Waals surface area contributed by atoms with E-state index in [0.29, 0.717) is 17.1 Å². The van der Waals surface area contributed by atoms with Crippen LogP contribution in [-0.2, 0) is 0 Å².